The van der Waals surface area contributed by atoms with Crippen molar-refractivity contribution in [3.05, 3.63) is 59.7 Å². The Morgan fingerprint density at radius 3 is 2.28 bits per heavy atom. The quantitative estimate of drug-likeness (QED) is 0.838. The van der Waals surface area contributed by atoms with Gasteiger partial charge in [0.05, 0.1) is 0 Å². The van der Waals surface area contributed by atoms with Crippen LogP contribution in [0, 0.1) is 0 Å². The van der Waals surface area contributed by atoms with Gasteiger partial charge >= 0.3 is 0 Å². The van der Waals surface area contributed by atoms with Gasteiger partial charge < -0.3 is 5.73 Å². The summed E-state index contributed by atoms with van der Waals surface area (Å²) >= 11 is 0. The maximum Gasteiger partial charge on any atom is 0.0266 e. The van der Waals surface area contributed by atoms with Crippen LogP contribution < -0.4 is 5.73 Å². The van der Waals surface area contributed by atoms with Gasteiger partial charge in [0.1, 0.15) is 0 Å². The predicted molar refractivity (Wildman–Crippen MR) is 78.6 cm³/mol. The normalized spacial score (nSPS) is 12.7. The largest absolute Gasteiger partial charge is 0.324 e. The molecule has 1 unspecified atom stereocenters. The topological polar surface area (TPSA) is 26.0 Å². The second-order valence-corrected chi connectivity index (χ2v) is 5.16. The third-order valence-corrected chi connectivity index (χ3v) is 3.31. The van der Waals surface area contributed by atoms with Crippen molar-refractivity contribution in [2.45, 2.75) is 32.7 Å². The van der Waals surface area contributed by atoms with Crippen molar-refractivity contribution in [3.63, 3.8) is 0 Å². The summed E-state index contributed by atoms with van der Waals surface area (Å²) in [7, 11) is 0. The van der Waals surface area contributed by atoms with Crippen LogP contribution in [-0.4, -0.2) is 0 Å². The lowest BCUT2D eigenvalue weighted by Gasteiger charge is -2.14. The van der Waals surface area contributed by atoms with E-state index in [0.717, 1.165) is 0 Å². The molecule has 0 saturated heterocycles. The minimum atomic E-state index is 0.0798. The minimum absolute atomic E-state index is 0.0798. The molecular formula is C17H21N. The average molecular weight is 239 g/mol. The van der Waals surface area contributed by atoms with E-state index in [1.54, 1.807) is 0 Å². The van der Waals surface area contributed by atoms with Gasteiger partial charge in [0.15, 0.2) is 0 Å². The first-order valence-corrected chi connectivity index (χ1v) is 6.54. The zero-order valence-corrected chi connectivity index (χ0v) is 11.4. The van der Waals surface area contributed by atoms with Crippen LogP contribution in [0.4, 0.5) is 0 Å². The maximum absolute atomic E-state index is 5.96. The first-order chi connectivity index (χ1) is 8.59. The highest BCUT2D eigenvalue weighted by molar-refractivity contribution is 5.68. The Kier molecular flexibility index (Phi) is 3.83. The molecule has 2 N–H and O–H groups in total. The van der Waals surface area contributed by atoms with Crippen LogP contribution in [-0.2, 0) is 0 Å². The fourth-order valence-electron chi connectivity index (χ4n) is 2.25. The van der Waals surface area contributed by atoms with Crippen LogP contribution in [0.3, 0.4) is 0 Å². The molecule has 0 heterocycles. The molecule has 94 valence electrons. The van der Waals surface area contributed by atoms with Gasteiger partial charge in [-0.15, -0.1) is 0 Å². The summed E-state index contributed by atoms with van der Waals surface area (Å²) in [6.07, 6.45) is 0. The maximum atomic E-state index is 5.96. The third-order valence-electron chi connectivity index (χ3n) is 3.31. The lowest BCUT2D eigenvalue weighted by atomic mass is 9.91. The van der Waals surface area contributed by atoms with Gasteiger partial charge in [0.25, 0.3) is 0 Å². The van der Waals surface area contributed by atoms with Crippen molar-refractivity contribution >= 4 is 0 Å². The highest BCUT2D eigenvalue weighted by atomic mass is 14.6. The van der Waals surface area contributed by atoms with Crippen molar-refractivity contribution in [1.82, 2.24) is 0 Å². The summed E-state index contributed by atoms with van der Waals surface area (Å²) < 4.78 is 0. The first-order valence-electron chi connectivity index (χ1n) is 6.54. The Bertz CT molecular complexity index is 527. The van der Waals surface area contributed by atoms with E-state index in [-0.39, 0.29) is 6.04 Å². The highest BCUT2D eigenvalue weighted by Crippen LogP contribution is 2.30. The molecular weight excluding hydrogens is 218 g/mol. The van der Waals surface area contributed by atoms with Crippen LogP contribution in [0.5, 0.6) is 0 Å². The standard InChI is InChI=1S/C17H21N/c1-12(2)16-9-4-5-10-17(16)15-8-6-7-14(11-15)13(3)18/h4-13H,18H2,1-3H3. The number of rotatable bonds is 3. The number of benzene rings is 2. The second-order valence-electron chi connectivity index (χ2n) is 5.16. The Morgan fingerprint density at radius 2 is 1.61 bits per heavy atom. The zero-order valence-electron chi connectivity index (χ0n) is 11.4. The predicted octanol–water partition coefficient (Wildman–Crippen LogP) is 4.50. The first kappa shape index (κ1) is 12.8. The summed E-state index contributed by atoms with van der Waals surface area (Å²) in [5.41, 5.74) is 11.1. The Hall–Kier alpha value is -1.60. The molecule has 0 aliphatic rings. The molecule has 0 saturated carbocycles. The van der Waals surface area contributed by atoms with E-state index in [2.05, 4.69) is 62.4 Å². The highest BCUT2D eigenvalue weighted by Gasteiger charge is 2.08. The van der Waals surface area contributed by atoms with Gasteiger partial charge in [-0.05, 0) is 41.2 Å². The summed E-state index contributed by atoms with van der Waals surface area (Å²) in [6, 6.07) is 17.2. The molecule has 0 aliphatic carbocycles. The smallest absolute Gasteiger partial charge is 0.0266 e. The number of nitrogens with two attached hydrogens (primary N) is 1. The molecule has 1 nitrogen and oxygen atoms in total. The second kappa shape index (κ2) is 5.36. The lowest BCUT2D eigenvalue weighted by molar-refractivity contribution is 0.818. The van der Waals surface area contributed by atoms with E-state index < -0.39 is 0 Å². The summed E-state index contributed by atoms with van der Waals surface area (Å²) in [5, 5.41) is 0. The van der Waals surface area contributed by atoms with E-state index in [1.807, 2.05) is 6.92 Å². The van der Waals surface area contributed by atoms with Crippen LogP contribution >= 0.6 is 0 Å². The Labute approximate surface area is 110 Å². The molecule has 1 atom stereocenters. The van der Waals surface area contributed by atoms with E-state index in [0.29, 0.717) is 5.92 Å². The van der Waals surface area contributed by atoms with Gasteiger partial charge in [-0.25, -0.2) is 0 Å². The fraction of sp³-hybridized carbons (Fsp3) is 0.294. The van der Waals surface area contributed by atoms with E-state index in [9.17, 15) is 0 Å². The van der Waals surface area contributed by atoms with E-state index in [4.69, 9.17) is 5.73 Å². The van der Waals surface area contributed by atoms with Crippen molar-refractivity contribution in [3.8, 4) is 11.1 Å². The average Bonchev–Trinajstić information content (AvgIpc) is 2.39. The molecule has 18 heavy (non-hydrogen) atoms. The van der Waals surface area contributed by atoms with Crippen molar-refractivity contribution in [1.29, 1.82) is 0 Å². The zero-order chi connectivity index (χ0) is 13.1. The molecule has 2 aromatic rings. The van der Waals surface area contributed by atoms with Crippen LogP contribution in [0.25, 0.3) is 11.1 Å². The van der Waals surface area contributed by atoms with Gasteiger partial charge in [-0.3, -0.25) is 0 Å². The monoisotopic (exact) mass is 239 g/mol. The van der Waals surface area contributed by atoms with Crippen molar-refractivity contribution < 1.29 is 0 Å². The molecule has 0 amide bonds. The summed E-state index contributed by atoms with van der Waals surface area (Å²) in [5.74, 6) is 0.528. The van der Waals surface area contributed by atoms with E-state index >= 15 is 0 Å². The molecule has 0 aromatic heterocycles. The van der Waals surface area contributed by atoms with Crippen molar-refractivity contribution in [2.24, 2.45) is 5.73 Å². The molecule has 0 bridgehead atoms. The van der Waals surface area contributed by atoms with Gasteiger partial charge in [-0.1, -0.05) is 56.3 Å². The van der Waals surface area contributed by atoms with Gasteiger partial charge in [0, 0.05) is 6.04 Å². The van der Waals surface area contributed by atoms with Crippen LogP contribution in [0.15, 0.2) is 48.5 Å². The molecule has 1 heteroatoms. The summed E-state index contributed by atoms with van der Waals surface area (Å²) in [6.45, 7) is 6.48. The van der Waals surface area contributed by atoms with E-state index in [1.165, 1.54) is 22.3 Å². The fourth-order valence-corrected chi connectivity index (χ4v) is 2.25. The van der Waals surface area contributed by atoms with Crippen molar-refractivity contribution in [2.75, 3.05) is 0 Å². The molecule has 0 fully saturated rings. The van der Waals surface area contributed by atoms with Crippen LogP contribution in [0.1, 0.15) is 43.9 Å². The van der Waals surface area contributed by atoms with Crippen LogP contribution in [0.2, 0.25) is 0 Å². The SMILES string of the molecule is CC(C)c1ccccc1-c1cccc(C(C)N)c1. The molecule has 2 aromatic carbocycles. The third kappa shape index (κ3) is 2.62. The molecule has 0 spiro atoms. The number of hydrogen-bond acceptors (Lipinski definition) is 1. The Morgan fingerprint density at radius 1 is 0.889 bits per heavy atom. The Balaban J connectivity index is 2.52. The van der Waals surface area contributed by atoms with Gasteiger partial charge in [0.2, 0.25) is 0 Å². The molecule has 0 radical (unpaired) electrons. The van der Waals surface area contributed by atoms with Gasteiger partial charge in [-0.2, -0.15) is 0 Å². The summed E-state index contributed by atoms with van der Waals surface area (Å²) in [4.78, 5) is 0. The number of hydrogen-bond donors (Lipinski definition) is 1. The molecule has 0 aliphatic heterocycles. The lowest BCUT2D eigenvalue weighted by Crippen LogP contribution is -2.04. The molecule has 2 rings (SSSR count). The minimum Gasteiger partial charge on any atom is -0.324 e.